The smallest absolute Gasteiger partial charge is 0.187 e. The average Bonchev–Trinajstić information content (AvgIpc) is 2.62. The van der Waals surface area contributed by atoms with E-state index in [1.165, 1.54) is 0 Å². The van der Waals surface area contributed by atoms with Gasteiger partial charge in [-0.2, -0.15) is 5.10 Å². The van der Waals surface area contributed by atoms with E-state index in [0.717, 1.165) is 56.1 Å². The molecule has 7 heteroatoms. The van der Waals surface area contributed by atoms with E-state index in [1.54, 1.807) is 6.21 Å². The minimum atomic E-state index is -0.169. The lowest BCUT2D eigenvalue weighted by Crippen LogP contribution is -2.42. The first-order valence-corrected chi connectivity index (χ1v) is 10.6. The van der Waals surface area contributed by atoms with Crippen LogP contribution in [0.4, 0.5) is 0 Å². The van der Waals surface area contributed by atoms with Gasteiger partial charge in [-0.05, 0) is 40.7 Å². The van der Waals surface area contributed by atoms with Crippen molar-refractivity contribution >= 4 is 23.5 Å². The van der Waals surface area contributed by atoms with Crippen LogP contribution in [-0.2, 0) is 15.6 Å². The number of morpholine rings is 1. The number of nitrogens with zero attached hydrogens (tertiary/aromatic N) is 2. The first-order chi connectivity index (χ1) is 13.5. The van der Waals surface area contributed by atoms with Gasteiger partial charge in [0.1, 0.15) is 5.75 Å². The van der Waals surface area contributed by atoms with Crippen molar-refractivity contribution in [2.75, 3.05) is 39.4 Å². The Kier molecular flexibility index (Phi) is 8.02. The lowest BCUT2D eigenvalue weighted by atomic mass is 9.78. The van der Waals surface area contributed by atoms with Crippen molar-refractivity contribution in [3.8, 4) is 5.75 Å². The standard InChI is InChI=1S/C22H36N4O2S/c1-21(2,3)17-13-16(14-18(19(17)27)22(4,5)6)15-24-25-20(29)23-7-8-26-9-11-28-12-10-26/h13-15,27H,7-12H2,1-6H3,(H2,23,25,29)/b24-15+. The van der Waals surface area contributed by atoms with Crippen LogP contribution >= 0.6 is 12.2 Å². The third-order valence-corrected chi connectivity index (χ3v) is 5.18. The van der Waals surface area contributed by atoms with Crippen molar-refractivity contribution < 1.29 is 9.84 Å². The highest BCUT2D eigenvalue weighted by Gasteiger charge is 2.26. The van der Waals surface area contributed by atoms with Gasteiger partial charge in [-0.3, -0.25) is 10.3 Å². The SMILES string of the molecule is CC(C)(C)c1cc(/C=N/NC(=S)NCCN2CCOCC2)cc(C(C)(C)C)c1O. The fraction of sp³-hybridized carbons (Fsp3) is 0.636. The number of hydrogen-bond acceptors (Lipinski definition) is 5. The molecule has 0 unspecified atom stereocenters. The van der Waals surface area contributed by atoms with Crippen LogP contribution in [0.5, 0.6) is 5.75 Å². The van der Waals surface area contributed by atoms with Crippen LogP contribution < -0.4 is 10.7 Å². The van der Waals surface area contributed by atoms with E-state index in [-0.39, 0.29) is 10.8 Å². The molecule has 0 amide bonds. The fourth-order valence-corrected chi connectivity index (χ4v) is 3.39. The maximum Gasteiger partial charge on any atom is 0.187 e. The second-order valence-electron chi connectivity index (χ2n) is 9.54. The zero-order valence-electron chi connectivity index (χ0n) is 18.6. The van der Waals surface area contributed by atoms with E-state index in [1.807, 2.05) is 12.1 Å². The molecule has 2 rings (SSSR count). The topological polar surface area (TPSA) is 69.1 Å². The molecule has 1 fully saturated rings. The highest BCUT2D eigenvalue weighted by atomic mass is 32.1. The zero-order valence-corrected chi connectivity index (χ0v) is 19.4. The van der Waals surface area contributed by atoms with Gasteiger partial charge in [-0.1, -0.05) is 41.5 Å². The second kappa shape index (κ2) is 9.87. The number of rotatable bonds is 5. The monoisotopic (exact) mass is 420 g/mol. The number of hydrogen-bond donors (Lipinski definition) is 3. The van der Waals surface area contributed by atoms with E-state index < -0.39 is 0 Å². The Hall–Kier alpha value is -1.70. The first-order valence-electron chi connectivity index (χ1n) is 10.2. The number of aromatic hydroxyl groups is 1. The first kappa shape index (κ1) is 23.6. The molecule has 1 saturated heterocycles. The number of nitrogens with one attached hydrogen (secondary N) is 2. The van der Waals surface area contributed by atoms with Gasteiger partial charge in [-0.25, -0.2) is 0 Å². The fourth-order valence-electron chi connectivity index (χ4n) is 3.23. The minimum Gasteiger partial charge on any atom is -0.507 e. The van der Waals surface area contributed by atoms with Gasteiger partial charge in [0.05, 0.1) is 19.4 Å². The Balaban J connectivity index is 1.99. The highest BCUT2D eigenvalue weighted by Crippen LogP contribution is 2.39. The molecule has 0 spiro atoms. The van der Waals surface area contributed by atoms with Gasteiger partial charge in [0.2, 0.25) is 0 Å². The third kappa shape index (κ3) is 7.24. The summed E-state index contributed by atoms with van der Waals surface area (Å²) in [5.74, 6) is 0.371. The summed E-state index contributed by atoms with van der Waals surface area (Å²) in [7, 11) is 0. The summed E-state index contributed by atoms with van der Waals surface area (Å²) in [4.78, 5) is 2.35. The molecule has 6 nitrogen and oxygen atoms in total. The molecule has 1 aromatic carbocycles. The number of phenols is 1. The molecule has 29 heavy (non-hydrogen) atoms. The summed E-state index contributed by atoms with van der Waals surface area (Å²) in [6.07, 6.45) is 1.75. The van der Waals surface area contributed by atoms with Crippen LogP contribution in [0.2, 0.25) is 0 Å². The molecule has 0 aliphatic carbocycles. The van der Waals surface area contributed by atoms with Crippen LogP contribution in [0.15, 0.2) is 17.2 Å². The minimum absolute atomic E-state index is 0.169. The van der Waals surface area contributed by atoms with Crippen molar-refractivity contribution in [3.05, 3.63) is 28.8 Å². The van der Waals surface area contributed by atoms with Gasteiger partial charge in [0.15, 0.2) is 5.11 Å². The molecule has 1 aliphatic heterocycles. The Morgan fingerprint density at radius 2 is 1.69 bits per heavy atom. The van der Waals surface area contributed by atoms with Gasteiger partial charge in [0, 0.05) is 37.3 Å². The lowest BCUT2D eigenvalue weighted by Gasteiger charge is -2.27. The van der Waals surface area contributed by atoms with Gasteiger partial charge in [-0.15, -0.1) is 0 Å². The Bertz CT molecular complexity index is 694. The predicted molar refractivity (Wildman–Crippen MR) is 124 cm³/mol. The van der Waals surface area contributed by atoms with Crippen LogP contribution in [0.1, 0.15) is 58.2 Å². The number of thiocarbonyl (C=S) groups is 1. The van der Waals surface area contributed by atoms with Crippen LogP contribution in [0.3, 0.4) is 0 Å². The van der Waals surface area contributed by atoms with E-state index in [9.17, 15) is 5.11 Å². The summed E-state index contributed by atoms with van der Waals surface area (Å²) in [6, 6.07) is 3.98. The molecular weight excluding hydrogens is 384 g/mol. The largest absolute Gasteiger partial charge is 0.507 e. The van der Waals surface area contributed by atoms with E-state index >= 15 is 0 Å². The molecule has 0 bridgehead atoms. The van der Waals surface area contributed by atoms with Gasteiger partial charge < -0.3 is 15.2 Å². The highest BCUT2D eigenvalue weighted by molar-refractivity contribution is 7.80. The molecular formula is C22H36N4O2S. The van der Waals surface area contributed by atoms with E-state index in [0.29, 0.717) is 10.9 Å². The number of benzene rings is 1. The number of hydrazone groups is 1. The summed E-state index contributed by atoms with van der Waals surface area (Å²) < 4.78 is 5.35. The van der Waals surface area contributed by atoms with E-state index in [2.05, 4.69) is 62.3 Å². The Labute approximate surface area is 180 Å². The van der Waals surface area contributed by atoms with Crippen molar-refractivity contribution in [1.29, 1.82) is 0 Å². The van der Waals surface area contributed by atoms with Gasteiger partial charge in [0.25, 0.3) is 0 Å². The molecule has 3 N–H and O–H groups in total. The van der Waals surface area contributed by atoms with Crippen molar-refractivity contribution in [2.45, 2.75) is 52.4 Å². The molecule has 0 radical (unpaired) electrons. The molecule has 1 aromatic rings. The van der Waals surface area contributed by atoms with Crippen LogP contribution in [0.25, 0.3) is 0 Å². The summed E-state index contributed by atoms with van der Waals surface area (Å²) in [6.45, 7) is 17.8. The van der Waals surface area contributed by atoms with Crippen LogP contribution in [-0.4, -0.2) is 60.7 Å². The summed E-state index contributed by atoms with van der Waals surface area (Å²) >= 11 is 5.31. The zero-order chi connectivity index (χ0) is 21.7. The Morgan fingerprint density at radius 1 is 1.14 bits per heavy atom. The normalized spacial score (nSPS) is 16.2. The maximum atomic E-state index is 10.8. The van der Waals surface area contributed by atoms with Gasteiger partial charge >= 0.3 is 0 Å². The second-order valence-corrected chi connectivity index (χ2v) is 9.95. The summed E-state index contributed by atoms with van der Waals surface area (Å²) in [5, 5.41) is 18.8. The quantitative estimate of drug-likeness (QED) is 0.386. The third-order valence-electron chi connectivity index (χ3n) is 4.95. The van der Waals surface area contributed by atoms with Crippen molar-refractivity contribution in [1.82, 2.24) is 15.6 Å². The number of phenolic OH excluding ortho intramolecular Hbond substituents is 1. The van der Waals surface area contributed by atoms with Crippen molar-refractivity contribution in [3.63, 3.8) is 0 Å². The lowest BCUT2D eigenvalue weighted by molar-refractivity contribution is 0.0389. The molecule has 0 aromatic heterocycles. The van der Waals surface area contributed by atoms with Crippen molar-refractivity contribution in [2.24, 2.45) is 5.10 Å². The van der Waals surface area contributed by atoms with E-state index in [4.69, 9.17) is 17.0 Å². The summed E-state index contributed by atoms with van der Waals surface area (Å²) in [5.41, 5.74) is 5.31. The predicted octanol–water partition coefficient (Wildman–Crippen LogP) is 3.12. The molecule has 1 heterocycles. The molecule has 1 aliphatic rings. The number of ether oxygens (including phenoxy) is 1. The Morgan fingerprint density at radius 3 is 2.21 bits per heavy atom. The molecule has 0 atom stereocenters. The maximum absolute atomic E-state index is 10.8. The molecule has 162 valence electrons. The molecule has 0 saturated carbocycles. The van der Waals surface area contributed by atoms with Crippen LogP contribution in [0, 0.1) is 0 Å². The average molecular weight is 421 g/mol.